The number of amides is 1. The molecule has 1 heterocycles. The quantitative estimate of drug-likeness (QED) is 0.199. The highest BCUT2D eigenvalue weighted by atomic mass is 35.5. The van der Waals surface area contributed by atoms with Gasteiger partial charge < -0.3 is 10.1 Å². The highest BCUT2D eigenvalue weighted by molar-refractivity contribution is 6.30. The van der Waals surface area contributed by atoms with Crippen LogP contribution in [-0.4, -0.2) is 28.3 Å². The number of nitrogens with zero attached hydrogens (tertiary/aromatic N) is 2. The maximum Gasteiger partial charge on any atom is 0.358 e. The molecule has 0 aliphatic carbocycles. The fraction of sp³-hybridized carbons (Fsp3) is 0.121. The maximum absolute atomic E-state index is 13.3. The van der Waals surface area contributed by atoms with Gasteiger partial charge in [0.25, 0.3) is 5.91 Å². The molecular weight excluding hydrogens is 522 g/mol. The molecule has 200 valence electrons. The van der Waals surface area contributed by atoms with Crippen LogP contribution in [0.4, 0.5) is 0 Å². The Morgan fingerprint density at radius 1 is 0.875 bits per heavy atom. The third-order valence-corrected chi connectivity index (χ3v) is 6.75. The summed E-state index contributed by atoms with van der Waals surface area (Å²) in [5.74, 6) is -0.681. The van der Waals surface area contributed by atoms with Crippen LogP contribution in [0.3, 0.4) is 0 Å². The number of benzene rings is 4. The Bertz CT molecular complexity index is 1580. The zero-order valence-corrected chi connectivity index (χ0v) is 22.7. The third kappa shape index (κ3) is 6.30. The number of carbonyl (C=O) groups is 2. The molecule has 0 unspecified atom stereocenters. The SMILES string of the molecule is CCOC(=O)c1cc(-c2ccc(Cl)cc2)n(-c2ccc(C(=O)N[C@H](Cc3ccccc3)c3ccccc3)cc2)n1. The molecule has 0 saturated carbocycles. The van der Waals surface area contributed by atoms with E-state index in [-0.39, 0.29) is 24.2 Å². The Hall–Kier alpha value is -4.68. The van der Waals surface area contributed by atoms with Gasteiger partial charge in [-0.05, 0) is 66.9 Å². The Morgan fingerprint density at radius 3 is 2.17 bits per heavy atom. The van der Waals surface area contributed by atoms with Crippen LogP contribution in [0.2, 0.25) is 5.02 Å². The second kappa shape index (κ2) is 12.5. The third-order valence-electron chi connectivity index (χ3n) is 6.50. The van der Waals surface area contributed by atoms with E-state index >= 15 is 0 Å². The fourth-order valence-corrected chi connectivity index (χ4v) is 4.62. The smallest absolute Gasteiger partial charge is 0.358 e. The van der Waals surface area contributed by atoms with Gasteiger partial charge in [0.15, 0.2) is 5.69 Å². The summed E-state index contributed by atoms with van der Waals surface area (Å²) in [6.45, 7) is 2.00. The van der Waals surface area contributed by atoms with Gasteiger partial charge in [-0.15, -0.1) is 0 Å². The first kappa shape index (κ1) is 26.9. The van der Waals surface area contributed by atoms with Crippen molar-refractivity contribution in [3.63, 3.8) is 0 Å². The summed E-state index contributed by atoms with van der Waals surface area (Å²) in [5.41, 5.74) is 5.11. The number of esters is 1. The number of ether oxygens (including phenoxy) is 1. The summed E-state index contributed by atoms with van der Waals surface area (Å²) in [5, 5.41) is 8.32. The van der Waals surface area contributed by atoms with E-state index < -0.39 is 5.97 Å². The van der Waals surface area contributed by atoms with Crippen LogP contribution < -0.4 is 5.32 Å². The average Bonchev–Trinajstić information content (AvgIpc) is 3.44. The van der Waals surface area contributed by atoms with E-state index in [4.69, 9.17) is 16.3 Å². The van der Waals surface area contributed by atoms with E-state index in [1.807, 2.05) is 72.8 Å². The topological polar surface area (TPSA) is 73.2 Å². The summed E-state index contributed by atoms with van der Waals surface area (Å²) in [4.78, 5) is 25.8. The molecule has 0 aliphatic rings. The largest absolute Gasteiger partial charge is 0.461 e. The van der Waals surface area contributed by atoms with Crippen LogP contribution in [-0.2, 0) is 11.2 Å². The summed E-state index contributed by atoms with van der Waals surface area (Å²) in [6.07, 6.45) is 0.670. The van der Waals surface area contributed by atoms with Gasteiger partial charge in [-0.3, -0.25) is 4.79 Å². The number of nitrogens with one attached hydrogen (secondary N) is 1. The highest BCUT2D eigenvalue weighted by Gasteiger charge is 2.19. The molecule has 1 aromatic heterocycles. The van der Waals surface area contributed by atoms with E-state index in [9.17, 15) is 9.59 Å². The molecule has 0 aliphatic heterocycles. The van der Waals surface area contributed by atoms with Gasteiger partial charge in [0.1, 0.15) is 0 Å². The number of carbonyl (C=O) groups excluding carboxylic acids is 2. The van der Waals surface area contributed by atoms with Gasteiger partial charge in [-0.1, -0.05) is 84.4 Å². The predicted octanol–water partition coefficient (Wildman–Crippen LogP) is 7.08. The molecule has 5 rings (SSSR count). The molecule has 0 saturated heterocycles. The number of hydrogen-bond acceptors (Lipinski definition) is 4. The molecule has 40 heavy (non-hydrogen) atoms. The van der Waals surface area contributed by atoms with E-state index in [0.717, 1.165) is 16.7 Å². The van der Waals surface area contributed by atoms with Crippen molar-refractivity contribution in [2.45, 2.75) is 19.4 Å². The molecule has 7 heteroatoms. The van der Waals surface area contributed by atoms with Gasteiger partial charge >= 0.3 is 5.97 Å². The lowest BCUT2D eigenvalue weighted by atomic mass is 9.98. The van der Waals surface area contributed by atoms with Crippen LogP contribution in [0.5, 0.6) is 0 Å². The van der Waals surface area contributed by atoms with E-state index in [2.05, 4.69) is 22.5 Å². The van der Waals surface area contributed by atoms with Gasteiger partial charge in [0, 0.05) is 16.1 Å². The van der Waals surface area contributed by atoms with Crippen LogP contribution in [0.25, 0.3) is 16.9 Å². The predicted molar refractivity (Wildman–Crippen MR) is 157 cm³/mol. The number of hydrogen-bond donors (Lipinski definition) is 1. The lowest BCUT2D eigenvalue weighted by Crippen LogP contribution is -2.30. The number of rotatable bonds is 9. The molecule has 0 radical (unpaired) electrons. The van der Waals surface area contributed by atoms with Crippen molar-refractivity contribution in [3.05, 3.63) is 143 Å². The van der Waals surface area contributed by atoms with Crippen molar-refractivity contribution in [2.75, 3.05) is 6.61 Å². The first-order chi connectivity index (χ1) is 19.5. The second-order valence-corrected chi connectivity index (χ2v) is 9.66. The van der Waals surface area contributed by atoms with Gasteiger partial charge in [-0.2, -0.15) is 5.10 Å². The minimum atomic E-state index is -0.502. The summed E-state index contributed by atoms with van der Waals surface area (Å²) in [6, 6.07) is 36.0. The molecular formula is C33H28ClN3O3. The zero-order valence-electron chi connectivity index (χ0n) is 22.0. The molecule has 0 spiro atoms. The normalized spacial score (nSPS) is 11.6. The van der Waals surface area contributed by atoms with Crippen molar-refractivity contribution < 1.29 is 14.3 Å². The first-order valence-corrected chi connectivity index (χ1v) is 13.4. The number of halogens is 1. The number of aromatic nitrogens is 2. The lowest BCUT2D eigenvalue weighted by molar-refractivity contribution is 0.0518. The molecule has 0 bridgehead atoms. The average molecular weight is 550 g/mol. The fourth-order valence-electron chi connectivity index (χ4n) is 4.49. The Labute approximate surface area is 238 Å². The Morgan fingerprint density at radius 2 is 1.52 bits per heavy atom. The molecule has 0 fully saturated rings. The molecule has 4 aromatic carbocycles. The van der Waals surface area contributed by atoms with Crippen LogP contribution in [0.1, 0.15) is 44.9 Å². The monoisotopic (exact) mass is 549 g/mol. The molecule has 5 aromatic rings. The van der Waals surface area contributed by atoms with Gasteiger partial charge in [-0.25, -0.2) is 9.48 Å². The Kier molecular flexibility index (Phi) is 8.38. The summed E-state index contributed by atoms with van der Waals surface area (Å²) >= 11 is 6.09. The van der Waals surface area contributed by atoms with Crippen molar-refractivity contribution in [2.24, 2.45) is 0 Å². The molecule has 1 N–H and O–H groups in total. The minimum absolute atomic E-state index is 0.179. The van der Waals surface area contributed by atoms with Crippen molar-refractivity contribution in [1.29, 1.82) is 0 Å². The van der Waals surface area contributed by atoms with Crippen molar-refractivity contribution >= 4 is 23.5 Å². The Balaban J connectivity index is 1.41. The summed E-state index contributed by atoms with van der Waals surface area (Å²) < 4.78 is 6.83. The van der Waals surface area contributed by atoms with Crippen LogP contribution >= 0.6 is 11.6 Å². The molecule has 6 nitrogen and oxygen atoms in total. The lowest BCUT2D eigenvalue weighted by Gasteiger charge is -2.20. The van der Waals surface area contributed by atoms with E-state index in [1.165, 1.54) is 0 Å². The second-order valence-electron chi connectivity index (χ2n) is 9.23. The van der Waals surface area contributed by atoms with Gasteiger partial charge in [0.2, 0.25) is 0 Å². The molecule has 1 amide bonds. The van der Waals surface area contributed by atoms with Crippen molar-refractivity contribution in [1.82, 2.24) is 15.1 Å². The van der Waals surface area contributed by atoms with Gasteiger partial charge in [0.05, 0.1) is 24.0 Å². The molecule has 1 atom stereocenters. The van der Waals surface area contributed by atoms with E-state index in [1.54, 1.807) is 41.9 Å². The highest BCUT2D eigenvalue weighted by Crippen LogP contribution is 2.26. The van der Waals surface area contributed by atoms with E-state index in [0.29, 0.717) is 28.4 Å². The zero-order chi connectivity index (χ0) is 27.9. The minimum Gasteiger partial charge on any atom is -0.461 e. The standard InChI is InChI=1S/C33H28ClN3O3/c1-2-40-33(39)30-22-31(25-13-17-27(34)18-14-25)37(36-30)28-19-15-26(16-20-28)32(38)35-29(24-11-7-4-8-12-24)21-23-9-5-3-6-10-23/h3-20,22,29H,2,21H2,1H3,(H,35,38)/t29-/m1/s1. The van der Waals surface area contributed by atoms with Crippen LogP contribution in [0.15, 0.2) is 115 Å². The maximum atomic E-state index is 13.3. The van der Waals surface area contributed by atoms with Crippen LogP contribution in [0, 0.1) is 0 Å². The summed E-state index contributed by atoms with van der Waals surface area (Å²) in [7, 11) is 0. The van der Waals surface area contributed by atoms with Crippen molar-refractivity contribution in [3.8, 4) is 16.9 Å². The first-order valence-electron chi connectivity index (χ1n) is 13.0.